The molecule has 3 N–H and O–H groups in total. The third kappa shape index (κ3) is 76.1. The van der Waals surface area contributed by atoms with Gasteiger partial charge in [-0.2, -0.15) is 0 Å². The summed E-state index contributed by atoms with van der Waals surface area (Å²) in [6, 6.07) is 0. The molecule has 0 saturated carbocycles. The number of carbonyl (C=O) groups excluding carboxylic acids is 4. The molecule has 0 rings (SSSR count). The Kier molecular flexibility index (Phi) is 70.9. The van der Waals surface area contributed by atoms with E-state index in [4.69, 9.17) is 37.0 Å². The Morgan fingerprint density at radius 1 is 0.267 bits per heavy atom. The van der Waals surface area contributed by atoms with Gasteiger partial charge in [0, 0.05) is 25.7 Å². The van der Waals surface area contributed by atoms with Crippen LogP contribution in [0.4, 0.5) is 0 Å². The Balaban J connectivity index is 5.24. The van der Waals surface area contributed by atoms with Gasteiger partial charge < -0.3 is 33.8 Å². The molecule has 600 valence electrons. The van der Waals surface area contributed by atoms with Gasteiger partial charge in [-0.05, 0) is 43.4 Å². The average molecular weight is 1480 g/mol. The second kappa shape index (κ2) is 72.3. The van der Waals surface area contributed by atoms with E-state index in [9.17, 15) is 43.2 Å². The Hall–Kier alpha value is -1.94. The lowest BCUT2D eigenvalue weighted by Crippen LogP contribution is -2.30. The second-order valence-electron chi connectivity index (χ2n) is 30.9. The van der Waals surface area contributed by atoms with Gasteiger partial charge in [-0.3, -0.25) is 37.3 Å². The van der Waals surface area contributed by atoms with E-state index in [0.717, 1.165) is 108 Å². The minimum absolute atomic E-state index is 0.106. The van der Waals surface area contributed by atoms with Crippen LogP contribution in [0.15, 0.2) is 0 Å². The van der Waals surface area contributed by atoms with Gasteiger partial charge in [0.2, 0.25) is 0 Å². The quantitative estimate of drug-likeness (QED) is 0.0222. The first-order valence-corrected chi connectivity index (χ1v) is 45.3. The van der Waals surface area contributed by atoms with Crippen molar-refractivity contribution in [3.63, 3.8) is 0 Å². The largest absolute Gasteiger partial charge is 0.472 e. The molecule has 101 heavy (non-hydrogen) atoms. The standard InChI is InChI=1S/C82H160O17P2/c1-8-9-10-11-12-13-14-28-35-42-49-56-63-79(84)92-70-78(99-82(87)66-59-52-45-38-31-34-41-48-55-62-75(6)7)72-97-101(90,91)95-68-76(83)67-94-100(88,89)96-71-77(69-93-80(85)64-57-50-43-36-29-24-21-17-19-23-27-33-40-47-54-61-74(4)5)98-81(86)65-58-51-44-37-30-25-20-16-15-18-22-26-32-39-46-53-60-73(2)3/h73-78,83H,8-72H2,1-7H3,(H,88,89)(H,90,91)/t76-,77-,78-/m1/s1. The maximum Gasteiger partial charge on any atom is 0.472 e. The highest BCUT2D eigenvalue weighted by molar-refractivity contribution is 7.47. The lowest BCUT2D eigenvalue weighted by molar-refractivity contribution is -0.161. The molecular weight excluding hydrogens is 1320 g/mol. The summed E-state index contributed by atoms with van der Waals surface area (Å²) >= 11 is 0. The van der Waals surface area contributed by atoms with E-state index in [1.807, 2.05) is 0 Å². The van der Waals surface area contributed by atoms with Crippen molar-refractivity contribution in [2.24, 2.45) is 17.8 Å². The molecule has 0 aromatic carbocycles. The van der Waals surface area contributed by atoms with Crippen LogP contribution in [-0.4, -0.2) is 96.7 Å². The molecule has 0 bridgehead atoms. The SMILES string of the molecule is CCCCCCCCCCCCCCC(=O)OC[C@H](COP(=O)(O)OC[C@H](O)COP(=O)(O)OC[C@@H](COC(=O)CCCCCCCCCCCCCCCCCC(C)C)OC(=O)CCCCCCCCCCCCCCCCCCC(C)C)OC(=O)CCCCCCCCCCCC(C)C. The van der Waals surface area contributed by atoms with Crippen LogP contribution in [0.2, 0.25) is 0 Å². The molecule has 5 atom stereocenters. The fourth-order valence-corrected chi connectivity index (χ4v) is 14.2. The summed E-state index contributed by atoms with van der Waals surface area (Å²) < 4.78 is 68.8. The van der Waals surface area contributed by atoms with Crippen molar-refractivity contribution >= 4 is 39.5 Å². The van der Waals surface area contributed by atoms with E-state index in [-0.39, 0.29) is 25.7 Å². The fraction of sp³-hybridized carbons (Fsp3) is 0.951. The van der Waals surface area contributed by atoms with Crippen molar-refractivity contribution in [3.8, 4) is 0 Å². The third-order valence-electron chi connectivity index (χ3n) is 19.1. The molecule has 2 unspecified atom stereocenters. The molecule has 0 heterocycles. The Labute approximate surface area is 619 Å². The van der Waals surface area contributed by atoms with E-state index in [1.54, 1.807) is 0 Å². The van der Waals surface area contributed by atoms with Crippen LogP contribution in [-0.2, 0) is 65.4 Å². The topological polar surface area (TPSA) is 237 Å². The van der Waals surface area contributed by atoms with E-state index in [2.05, 4.69) is 48.5 Å². The van der Waals surface area contributed by atoms with Gasteiger partial charge in [0.15, 0.2) is 12.2 Å². The average Bonchev–Trinajstić information content (AvgIpc) is 1.11. The number of carbonyl (C=O) groups is 4. The molecule has 0 aromatic heterocycles. The van der Waals surface area contributed by atoms with Crippen molar-refractivity contribution in [2.45, 2.75) is 446 Å². The summed E-state index contributed by atoms with van der Waals surface area (Å²) in [6.45, 7) is 12.0. The van der Waals surface area contributed by atoms with Crippen LogP contribution >= 0.6 is 15.6 Å². The first-order valence-electron chi connectivity index (χ1n) is 42.3. The molecule has 0 amide bonds. The lowest BCUT2D eigenvalue weighted by Gasteiger charge is -2.21. The minimum atomic E-state index is -4.96. The van der Waals surface area contributed by atoms with Gasteiger partial charge in [0.25, 0.3) is 0 Å². The first-order chi connectivity index (χ1) is 48.7. The monoisotopic (exact) mass is 1480 g/mol. The van der Waals surface area contributed by atoms with Gasteiger partial charge in [-0.15, -0.1) is 0 Å². The van der Waals surface area contributed by atoms with Crippen LogP contribution in [0.1, 0.15) is 427 Å². The van der Waals surface area contributed by atoms with Crippen LogP contribution in [0.5, 0.6) is 0 Å². The van der Waals surface area contributed by atoms with E-state index < -0.39 is 97.5 Å². The van der Waals surface area contributed by atoms with Gasteiger partial charge in [0.1, 0.15) is 19.3 Å². The summed E-state index contributed by atoms with van der Waals surface area (Å²) in [5.74, 6) is 0.243. The third-order valence-corrected chi connectivity index (χ3v) is 21.0. The maximum absolute atomic E-state index is 13.1. The predicted molar refractivity (Wildman–Crippen MR) is 414 cm³/mol. The summed E-state index contributed by atoms with van der Waals surface area (Å²) in [6.07, 6.45) is 61.0. The number of phosphoric acid groups is 2. The number of hydrogen-bond donors (Lipinski definition) is 3. The summed E-state index contributed by atoms with van der Waals surface area (Å²) in [4.78, 5) is 73.1. The molecule has 0 saturated heterocycles. The number of rotatable bonds is 80. The van der Waals surface area contributed by atoms with Gasteiger partial charge in [-0.25, -0.2) is 9.13 Å². The number of aliphatic hydroxyl groups is 1. The Morgan fingerprint density at radius 2 is 0.455 bits per heavy atom. The van der Waals surface area contributed by atoms with Crippen LogP contribution < -0.4 is 0 Å². The normalized spacial score (nSPS) is 14.0. The zero-order valence-corrected chi connectivity index (χ0v) is 68.2. The highest BCUT2D eigenvalue weighted by Crippen LogP contribution is 2.45. The first kappa shape index (κ1) is 99.1. The number of hydrogen-bond acceptors (Lipinski definition) is 15. The van der Waals surface area contributed by atoms with Gasteiger partial charge >= 0.3 is 39.5 Å². The predicted octanol–water partition coefficient (Wildman–Crippen LogP) is 24.5. The Bertz CT molecular complexity index is 1960. The van der Waals surface area contributed by atoms with Crippen molar-refractivity contribution in [2.75, 3.05) is 39.6 Å². The molecule has 0 aliphatic rings. The molecular formula is C82H160O17P2. The van der Waals surface area contributed by atoms with Crippen LogP contribution in [0.3, 0.4) is 0 Å². The molecule has 19 heteroatoms. The molecule has 0 radical (unpaired) electrons. The zero-order valence-electron chi connectivity index (χ0n) is 66.4. The molecule has 0 aliphatic carbocycles. The maximum atomic E-state index is 13.1. The summed E-state index contributed by atoms with van der Waals surface area (Å²) in [5.41, 5.74) is 0. The minimum Gasteiger partial charge on any atom is -0.462 e. The van der Waals surface area contributed by atoms with Crippen molar-refractivity contribution < 1.29 is 80.2 Å². The molecule has 0 aliphatic heterocycles. The van der Waals surface area contributed by atoms with Gasteiger partial charge in [-0.1, -0.05) is 376 Å². The second-order valence-corrected chi connectivity index (χ2v) is 33.8. The molecule has 0 spiro atoms. The van der Waals surface area contributed by atoms with E-state index in [1.165, 1.54) is 238 Å². The Morgan fingerprint density at radius 3 is 0.673 bits per heavy atom. The number of esters is 4. The van der Waals surface area contributed by atoms with Crippen LogP contribution in [0, 0.1) is 17.8 Å². The van der Waals surface area contributed by atoms with Crippen molar-refractivity contribution in [1.82, 2.24) is 0 Å². The van der Waals surface area contributed by atoms with Crippen LogP contribution in [0.25, 0.3) is 0 Å². The highest BCUT2D eigenvalue weighted by Gasteiger charge is 2.30. The number of phosphoric ester groups is 2. The van der Waals surface area contributed by atoms with Gasteiger partial charge in [0.05, 0.1) is 26.4 Å². The van der Waals surface area contributed by atoms with Crippen molar-refractivity contribution in [3.05, 3.63) is 0 Å². The molecule has 17 nitrogen and oxygen atoms in total. The number of unbranched alkanes of at least 4 members (excludes halogenated alkanes) is 48. The lowest BCUT2D eigenvalue weighted by atomic mass is 10.0. The summed E-state index contributed by atoms with van der Waals surface area (Å²) in [5, 5.41) is 10.6. The van der Waals surface area contributed by atoms with Crippen molar-refractivity contribution in [1.29, 1.82) is 0 Å². The summed E-state index contributed by atoms with van der Waals surface area (Å²) in [7, 11) is -9.92. The fourth-order valence-electron chi connectivity index (χ4n) is 12.7. The molecule has 0 fully saturated rings. The number of ether oxygens (including phenoxy) is 4. The highest BCUT2D eigenvalue weighted by atomic mass is 31.2. The van der Waals surface area contributed by atoms with E-state index >= 15 is 0 Å². The smallest absolute Gasteiger partial charge is 0.462 e. The zero-order chi connectivity index (χ0) is 74.4. The van der Waals surface area contributed by atoms with E-state index in [0.29, 0.717) is 25.7 Å². The molecule has 0 aromatic rings. The number of aliphatic hydroxyl groups excluding tert-OH is 1.